The van der Waals surface area contributed by atoms with Crippen LogP contribution in [0.25, 0.3) is 0 Å². The first-order valence-corrected chi connectivity index (χ1v) is 7.15. The minimum absolute atomic E-state index is 0.128. The molecule has 1 amide bonds. The van der Waals surface area contributed by atoms with Crippen molar-refractivity contribution in [3.63, 3.8) is 0 Å². The fourth-order valence-corrected chi connectivity index (χ4v) is 2.03. The molecule has 0 radical (unpaired) electrons. The maximum atomic E-state index is 13.1. The number of carbonyl (C=O) groups excluding carboxylic acids is 1. The number of hydrogen-bond donors (Lipinski definition) is 1. The van der Waals surface area contributed by atoms with E-state index in [-0.39, 0.29) is 17.8 Å². The zero-order valence-electron chi connectivity index (χ0n) is 11.4. The average molecular weight is 332 g/mol. The molecule has 1 N–H and O–H groups in total. The highest BCUT2D eigenvalue weighted by atomic mass is 79.9. The van der Waals surface area contributed by atoms with Crippen LogP contribution in [0.3, 0.4) is 0 Å². The number of halogens is 2. The van der Waals surface area contributed by atoms with Crippen molar-refractivity contribution in [1.82, 2.24) is 5.32 Å². The van der Waals surface area contributed by atoms with Gasteiger partial charge in [-0.25, -0.2) is 4.39 Å². The Bertz CT molecular complexity index is 439. The number of ether oxygens (including phenoxy) is 1. The third-order valence-electron chi connectivity index (χ3n) is 2.68. The lowest BCUT2D eigenvalue weighted by atomic mass is 10.2. The van der Waals surface area contributed by atoms with Crippen LogP contribution in [0.5, 0.6) is 5.75 Å². The Balaban J connectivity index is 2.56. The molecule has 1 aromatic rings. The molecule has 3 nitrogen and oxygen atoms in total. The van der Waals surface area contributed by atoms with E-state index in [1.54, 1.807) is 6.92 Å². The Labute approximate surface area is 121 Å². The second-order valence-corrected chi connectivity index (χ2v) is 5.39. The lowest BCUT2D eigenvalue weighted by Crippen LogP contribution is -2.41. The van der Waals surface area contributed by atoms with Crippen molar-refractivity contribution >= 4 is 21.8 Å². The SMILES string of the molecule is CCCC(C)NC(=O)C(C)Oc1ccc(F)c(Br)c1. The number of rotatable bonds is 6. The third-order valence-corrected chi connectivity index (χ3v) is 3.29. The molecule has 0 heterocycles. The molecule has 0 bridgehead atoms. The van der Waals surface area contributed by atoms with Gasteiger partial charge in [-0.3, -0.25) is 4.79 Å². The van der Waals surface area contributed by atoms with Gasteiger partial charge in [-0.15, -0.1) is 0 Å². The van der Waals surface area contributed by atoms with Gasteiger partial charge in [0.15, 0.2) is 6.10 Å². The van der Waals surface area contributed by atoms with E-state index in [0.717, 1.165) is 12.8 Å². The van der Waals surface area contributed by atoms with Crippen molar-refractivity contribution in [3.05, 3.63) is 28.5 Å². The average Bonchev–Trinajstić information content (AvgIpc) is 2.34. The van der Waals surface area contributed by atoms with Crippen LogP contribution in [0.4, 0.5) is 4.39 Å². The Morgan fingerprint density at radius 2 is 2.16 bits per heavy atom. The lowest BCUT2D eigenvalue weighted by molar-refractivity contribution is -0.127. The zero-order valence-corrected chi connectivity index (χ0v) is 13.0. The standard InChI is InChI=1S/C14H19BrFNO2/c1-4-5-9(2)17-14(18)10(3)19-11-6-7-13(16)12(15)8-11/h6-10H,4-5H2,1-3H3,(H,17,18). The normalized spacial score (nSPS) is 13.7. The molecule has 0 aliphatic rings. The monoisotopic (exact) mass is 331 g/mol. The number of carbonyl (C=O) groups is 1. The molecule has 1 rings (SSSR count). The molecule has 2 unspecified atom stereocenters. The molecule has 19 heavy (non-hydrogen) atoms. The van der Waals surface area contributed by atoms with E-state index in [2.05, 4.69) is 28.2 Å². The van der Waals surface area contributed by atoms with Crippen molar-refractivity contribution < 1.29 is 13.9 Å². The van der Waals surface area contributed by atoms with Crippen LogP contribution in [-0.4, -0.2) is 18.1 Å². The molecule has 0 aromatic heterocycles. The van der Waals surface area contributed by atoms with E-state index in [0.29, 0.717) is 10.2 Å². The maximum absolute atomic E-state index is 13.1. The molecule has 0 aliphatic carbocycles. The Morgan fingerprint density at radius 1 is 1.47 bits per heavy atom. The van der Waals surface area contributed by atoms with Crippen molar-refractivity contribution in [3.8, 4) is 5.75 Å². The Morgan fingerprint density at radius 3 is 2.74 bits per heavy atom. The maximum Gasteiger partial charge on any atom is 0.260 e. The minimum atomic E-state index is -0.614. The highest BCUT2D eigenvalue weighted by Gasteiger charge is 2.16. The second-order valence-electron chi connectivity index (χ2n) is 4.53. The fourth-order valence-electron chi connectivity index (χ4n) is 1.67. The van der Waals surface area contributed by atoms with Gasteiger partial charge >= 0.3 is 0 Å². The van der Waals surface area contributed by atoms with E-state index in [1.165, 1.54) is 18.2 Å². The van der Waals surface area contributed by atoms with Crippen LogP contribution in [-0.2, 0) is 4.79 Å². The first-order chi connectivity index (χ1) is 8.93. The van der Waals surface area contributed by atoms with Crippen LogP contribution < -0.4 is 10.1 Å². The summed E-state index contributed by atoms with van der Waals surface area (Å²) in [5.41, 5.74) is 0. The summed E-state index contributed by atoms with van der Waals surface area (Å²) in [4.78, 5) is 11.9. The van der Waals surface area contributed by atoms with Crippen molar-refractivity contribution in [2.24, 2.45) is 0 Å². The topological polar surface area (TPSA) is 38.3 Å². The third kappa shape index (κ3) is 5.19. The summed E-state index contributed by atoms with van der Waals surface area (Å²) in [5.74, 6) is -0.0681. The molecular formula is C14H19BrFNO2. The van der Waals surface area contributed by atoms with E-state index < -0.39 is 6.10 Å². The molecule has 0 fully saturated rings. The molecule has 5 heteroatoms. The van der Waals surface area contributed by atoms with Crippen LogP contribution in [0, 0.1) is 5.82 Å². The molecule has 0 saturated heterocycles. The molecule has 2 atom stereocenters. The molecule has 106 valence electrons. The van der Waals surface area contributed by atoms with Gasteiger partial charge in [0.25, 0.3) is 5.91 Å². The van der Waals surface area contributed by atoms with Crippen molar-refractivity contribution in [2.45, 2.75) is 45.8 Å². The van der Waals surface area contributed by atoms with Gasteiger partial charge in [0, 0.05) is 6.04 Å². The first kappa shape index (κ1) is 16.0. The van der Waals surface area contributed by atoms with Gasteiger partial charge in [0.05, 0.1) is 4.47 Å². The summed E-state index contributed by atoms with van der Waals surface area (Å²) in [6.45, 7) is 5.70. The summed E-state index contributed by atoms with van der Waals surface area (Å²) in [5, 5.41) is 2.88. The smallest absolute Gasteiger partial charge is 0.260 e. The molecule has 0 spiro atoms. The van der Waals surface area contributed by atoms with Crippen LogP contribution >= 0.6 is 15.9 Å². The predicted octanol–water partition coefficient (Wildman–Crippen LogP) is 3.66. The minimum Gasteiger partial charge on any atom is -0.481 e. The van der Waals surface area contributed by atoms with Gasteiger partial charge in [0.1, 0.15) is 11.6 Å². The first-order valence-electron chi connectivity index (χ1n) is 6.36. The van der Waals surface area contributed by atoms with Crippen LogP contribution in [0.1, 0.15) is 33.6 Å². The van der Waals surface area contributed by atoms with Gasteiger partial charge in [0.2, 0.25) is 0 Å². The molecular weight excluding hydrogens is 313 g/mol. The largest absolute Gasteiger partial charge is 0.481 e. The van der Waals surface area contributed by atoms with Gasteiger partial charge in [-0.2, -0.15) is 0 Å². The molecule has 0 saturated carbocycles. The Hall–Kier alpha value is -1.10. The summed E-state index contributed by atoms with van der Waals surface area (Å²) >= 11 is 3.08. The number of nitrogens with one attached hydrogen (secondary N) is 1. The van der Waals surface area contributed by atoms with Gasteiger partial charge in [-0.05, 0) is 54.4 Å². The summed E-state index contributed by atoms with van der Waals surface area (Å²) in [6, 6.07) is 4.43. The van der Waals surface area contributed by atoms with Crippen molar-refractivity contribution in [1.29, 1.82) is 0 Å². The molecule has 0 aliphatic heterocycles. The predicted molar refractivity (Wildman–Crippen MR) is 76.7 cm³/mol. The van der Waals surface area contributed by atoms with Crippen molar-refractivity contribution in [2.75, 3.05) is 0 Å². The number of hydrogen-bond acceptors (Lipinski definition) is 2. The van der Waals surface area contributed by atoms with Crippen LogP contribution in [0.15, 0.2) is 22.7 Å². The Kier molecular flexibility index (Phi) is 6.28. The number of benzene rings is 1. The summed E-state index contributed by atoms with van der Waals surface area (Å²) in [7, 11) is 0. The van der Waals surface area contributed by atoms with E-state index in [1.807, 2.05) is 6.92 Å². The highest BCUT2D eigenvalue weighted by molar-refractivity contribution is 9.10. The summed E-state index contributed by atoms with van der Waals surface area (Å²) < 4.78 is 18.9. The van der Waals surface area contributed by atoms with Gasteiger partial charge in [-0.1, -0.05) is 13.3 Å². The van der Waals surface area contributed by atoms with E-state index >= 15 is 0 Å². The van der Waals surface area contributed by atoms with E-state index in [9.17, 15) is 9.18 Å². The number of amides is 1. The van der Waals surface area contributed by atoms with Gasteiger partial charge < -0.3 is 10.1 Å². The second kappa shape index (κ2) is 7.48. The van der Waals surface area contributed by atoms with E-state index in [4.69, 9.17) is 4.74 Å². The molecule has 1 aromatic carbocycles. The fraction of sp³-hybridized carbons (Fsp3) is 0.500. The zero-order chi connectivity index (χ0) is 14.4. The quantitative estimate of drug-likeness (QED) is 0.863. The summed E-state index contributed by atoms with van der Waals surface area (Å²) in [6.07, 6.45) is 1.33. The van der Waals surface area contributed by atoms with Crippen LogP contribution in [0.2, 0.25) is 0 Å². The lowest BCUT2D eigenvalue weighted by Gasteiger charge is -2.18. The highest BCUT2D eigenvalue weighted by Crippen LogP contribution is 2.22.